The fourth-order valence-electron chi connectivity index (χ4n) is 1.26. The summed E-state index contributed by atoms with van der Waals surface area (Å²) in [6.45, 7) is 2.07. The molecule has 16 heavy (non-hydrogen) atoms. The zero-order valence-electron chi connectivity index (χ0n) is 9.44. The van der Waals surface area contributed by atoms with Gasteiger partial charge in [0, 0.05) is 12.8 Å². The molecule has 0 atom stereocenters. The van der Waals surface area contributed by atoms with Crippen LogP contribution in [0.2, 0.25) is 0 Å². The highest BCUT2D eigenvalue weighted by Gasteiger charge is 2.08. The summed E-state index contributed by atoms with van der Waals surface area (Å²) in [5.74, 6) is -0.507. The predicted octanol–water partition coefficient (Wildman–Crippen LogP) is 2.14. The van der Waals surface area contributed by atoms with Crippen molar-refractivity contribution < 1.29 is 14.3 Å². The second-order valence-corrected chi connectivity index (χ2v) is 3.53. The molecule has 0 amide bonds. The van der Waals surface area contributed by atoms with Crippen LogP contribution in [0.5, 0.6) is 0 Å². The Bertz CT molecular complexity index is 343. The van der Waals surface area contributed by atoms with Crippen LogP contribution in [-0.4, -0.2) is 18.4 Å². The molecule has 0 spiro atoms. The number of esters is 1. The SMILES string of the molecule is CCC(=O)CC(=O)OCCc1ccccc1. The molecule has 0 heterocycles. The monoisotopic (exact) mass is 220 g/mol. The third-order valence-electron chi connectivity index (χ3n) is 2.23. The molecule has 86 valence electrons. The molecule has 0 aromatic heterocycles. The number of benzene rings is 1. The molecule has 0 fully saturated rings. The van der Waals surface area contributed by atoms with Crippen molar-refractivity contribution in [2.75, 3.05) is 6.61 Å². The van der Waals surface area contributed by atoms with E-state index in [0.717, 1.165) is 5.56 Å². The maximum Gasteiger partial charge on any atom is 0.313 e. The zero-order chi connectivity index (χ0) is 11.8. The number of rotatable bonds is 6. The van der Waals surface area contributed by atoms with Gasteiger partial charge in [-0.1, -0.05) is 37.3 Å². The van der Waals surface area contributed by atoms with E-state index in [1.807, 2.05) is 30.3 Å². The second-order valence-electron chi connectivity index (χ2n) is 3.53. The summed E-state index contributed by atoms with van der Waals surface area (Å²) < 4.78 is 4.96. The lowest BCUT2D eigenvalue weighted by Gasteiger charge is -2.03. The van der Waals surface area contributed by atoms with Crippen molar-refractivity contribution in [1.82, 2.24) is 0 Å². The van der Waals surface area contributed by atoms with E-state index < -0.39 is 5.97 Å². The van der Waals surface area contributed by atoms with Crippen molar-refractivity contribution in [3.05, 3.63) is 35.9 Å². The van der Waals surface area contributed by atoms with Gasteiger partial charge < -0.3 is 4.74 Å². The molecule has 0 aliphatic carbocycles. The van der Waals surface area contributed by atoms with Crippen molar-refractivity contribution in [3.8, 4) is 0 Å². The Labute approximate surface area is 95.4 Å². The Hall–Kier alpha value is -1.64. The third kappa shape index (κ3) is 4.73. The van der Waals surface area contributed by atoms with E-state index in [1.54, 1.807) is 6.92 Å². The van der Waals surface area contributed by atoms with Crippen molar-refractivity contribution in [3.63, 3.8) is 0 Å². The Morgan fingerprint density at radius 1 is 1.19 bits per heavy atom. The molecule has 0 unspecified atom stereocenters. The van der Waals surface area contributed by atoms with Gasteiger partial charge in [-0.05, 0) is 5.56 Å². The van der Waals surface area contributed by atoms with E-state index in [2.05, 4.69) is 0 Å². The lowest BCUT2D eigenvalue weighted by atomic mass is 10.2. The van der Waals surface area contributed by atoms with Crippen LogP contribution in [0, 0.1) is 0 Å². The summed E-state index contributed by atoms with van der Waals surface area (Å²) in [6.07, 6.45) is 0.964. The number of ketones is 1. The quantitative estimate of drug-likeness (QED) is 0.545. The summed E-state index contributed by atoms with van der Waals surface area (Å²) in [6, 6.07) is 9.78. The van der Waals surface area contributed by atoms with Gasteiger partial charge in [-0.2, -0.15) is 0 Å². The van der Waals surface area contributed by atoms with Crippen LogP contribution in [0.4, 0.5) is 0 Å². The van der Waals surface area contributed by atoms with E-state index >= 15 is 0 Å². The first kappa shape index (κ1) is 12.4. The van der Waals surface area contributed by atoms with Crippen LogP contribution in [0.15, 0.2) is 30.3 Å². The van der Waals surface area contributed by atoms with E-state index in [0.29, 0.717) is 19.4 Å². The number of carbonyl (C=O) groups is 2. The average Bonchev–Trinajstić information content (AvgIpc) is 2.30. The fraction of sp³-hybridized carbons (Fsp3) is 0.385. The normalized spacial score (nSPS) is 9.81. The Kier molecular flexibility index (Phi) is 5.26. The maximum atomic E-state index is 11.2. The highest BCUT2D eigenvalue weighted by molar-refractivity contribution is 5.95. The molecule has 0 saturated heterocycles. The highest BCUT2D eigenvalue weighted by Crippen LogP contribution is 2.00. The van der Waals surface area contributed by atoms with Gasteiger partial charge in [-0.15, -0.1) is 0 Å². The summed E-state index contributed by atoms with van der Waals surface area (Å²) >= 11 is 0. The van der Waals surface area contributed by atoms with Gasteiger partial charge in [0.05, 0.1) is 6.61 Å². The Morgan fingerprint density at radius 3 is 2.50 bits per heavy atom. The maximum absolute atomic E-state index is 11.2. The van der Waals surface area contributed by atoms with Crippen LogP contribution < -0.4 is 0 Å². The van der Waals surface area contributed by atoms with Crippen LogP contribution in [0.3, 0.4) is 0 Å². The molecule has 3 nitrogen and oxygen atoms in total. The highest BCUT2D eigenvalue weighted by atomic mass is 16.5. The van der Waals surface area contributed by atoms with E-state index in [4.69, 9.17) is 4.74 Å². The first-order valence-electron chi connectivity index (χ1n) is 5.43. The Balaban J connectivity index is 2.21. The molecule has 0 saturated carbocycles. The molecule has 1 aromatic rings. The molecule has 0 bridgehead atoms. The van der Waals surface area contributed by atoms with Crippen molar-refractivity contribution >= 4 is 11.8 Å². The van der Waals surface area contributed by atoms with Crippen molar-refractivity contribution in [2.24, 2.45) is 0 Å². The predicted molar refractivity (Wildman–Crippen MR) is 61.0 cm³/mol. The number of ether oxygens (including phenoxy) is 1. The molecule has 0 N–H and O–H groups in total. The van der Waals surface area contributed by atoms with Gasteiger partial charge in [-0.25, -0.2) is 0 Å². The van der Waals surface area contributed by atoms with E-state index in [-0.39, 0.29) is 12.2 Å². The number of hydrogen-bond donors (Lipinski definition) is 0. The molecule has 0 aliphatic heterocycles. The first-order valence-corrected chi connectivity index (χ1v) is 5.43. The van der Waals surface area contributed by atoms with Gasteiger partial charge in [0.15, 0.2) is 0 Å². The van der Waals surface area contributed by atoms with Gasteiger partial charge in [-0.3, -0.25) is 9.59 Å². The van der Waals surface area contributed by atoms with E-state index in [1.165, 1.54) is 0 Å². The summed E-state index contributed by atoms with van der Waals surface area (Å²) in [5, 5.41) is 0. The lowest BCUT2D eigenvalue weighted by molar-refractivity contribution is -0.145. The van der Waals surface area contributed by atoms with Gasteiger partial charge in [0.1, 0.15) is 12.2 Å². The smallest absolute Gasteiger partial charge is 0.313 e. The number of carbonyl (C=O) groups excluding carboxylic acids is 2. The van der Waals surface area contributed by atoms with E-state index in [9.17, 15) is 9.59 Å². The number of hydrogen-bond acceptors (Lipinski definition) is 3. The third-order valence-corrected chi connectivity index (χ3v) is 2.23. The fourth-order valence-corrected chi connectivity index (χ4v) is 1.26. The van der Waals surface area contributed by atoms with Crippen molar-refractivity contribution in [2.45, 2.75) is 26.2 Å². The van der Waals surface area contributed by atoms with Crippen LogP contribution in [-0.2, 0) is 20.7 Å². The molecule has 1 aromatic carbocycles. The lowest BCUT2D eigenvalue weighted by Crippen LogP contribution is -2.12. The minimum Gasteiger partial charge on any atom is -0.465 e. The minimum atomic E-state index is -0.428. The van der Waals surface area contributed by atoms with Crippen molar-refractivity contribution in [1.29, 1.82) is 0 Å². The topological polar surface area (TPSA) is 43.4 Å². The molecule has 3 heteroatoms. The second kappa shape index (κ2) is 6.77. The minimum absolute atomic E-state index is 0.0790. The molecular weight excluding hydrogens is 204 g/mol. The summed E-state index contributed by atoms with van der Waals surface area (Å²) in [5.41, 5.74) is 1.12. The van der Waals surface area contributed by atoms with Gasteiger partial charge >= 0.3 is 5.97 Å². The molecular formula is C13H16O3. The molecule has 0 radical (unpaired) electrons. The Morgan fingerprint density at radius 2 is 1.88 bits per heavy atom. The van der Waals surface area contributed by atoms with Gasteiger partial charge in [0.2, 0.25) is 0 Å². The summed E-state index contributed by atoms with van der Waals surface area (Å²) in [4.78, 5) is 22.1. The molecule has 1 rings (SSSR count). The zero-order valence-corrected chi connectivity index (χ0v) is 9.44. The largest absolute Gasteiger partial charge is 0.465 e. The van der Waals surface area contributed by atoms with Crippen LogP contribution >= 0.6 is 0 Å². The number of Topliss-reactive ketones (excluding diaryl/α,β-unsaturated/α-hetero) is 1. The first-order chi connectivity index (χ1) is 7.72. The van der Waals surface area contributed by atoms with Gasteiger partial charge in [0.25, 0.3) is 0 Å². The average molecular weight is 220 g/mol. The van der Waals surface area contributed by atoms with Crippen LogP contribution in [0.25, 0.3) is 0 Å². The standard InChI is InChI=1S/C13H16O3/c1-2-12(14)10-13(15)16-9-8-11-6-4-3-5-7-11/h3-7H,2,8-10H2,1H3. The summed E-state index contributed by atoms with van der Waals surface area (Å²) in [7, 11) is 0. The van der Waals surface area contributed by atoms with Crippen LogP contribution in [0.1, 0.15) is 25.3 Å². The molecule has 0 aliphatic rings.